The van der Waals surface area contributed by atoms with Gasteiger partial charge in [-0.3, -0.25) is 4.79 Å². The van der Waals surface area contributed by atoms with E-state index in [1.807, 2.05) is 12.1 Å². The standard InChI is InChI=1S/C26H24F2N4O/c1-32-12-17-11-26(17,13-32)16-4-2-14(3-5-16)18-9-21(24(29)31-23(18)28)20-8-15-6-7-30-25(33)19(15)10-22(20)27/h2-5,8-10,17H,6-7,11-13H2,1H3,(H2,29,31)(H,30,33)/t17-,26+/m0/s1. The molecule has 0 unspecified atom stereocenters. The van der Waals surface area contributed by atoms with E-state index in [0.29, 0.717) is 35.6 Å². The Kier molecular flexibility index (Phi) is 4.36. The van der Waals surface area contributed by atoms with E-state index in [2.05, 4.69) is 34.4 Å². The number of pyridine rings is 1. The van der Waals surface area contributed by atoms with Crippen molar-refractivity contribution in [1.82, 2.24) is 15.2 Å². The molecule has 2 aliphatic heterocycles. The average Bonchev–Trinajstić information content (AvgIpc) is 3.36. The van der Waals surface area contributed by atoms with E-state index < -0.39 is 11.8 Å². The highest BCUT2D eigenvalue weighted by Crippen LogP contribution is 2.58. The normalized spacial score (nSPS) is 23.7. The zero-order valence-electron chi connectivity index (χ0n) is 18.3. The molecule has 1 saturated heterocycles. The van der Waals surface area contributed by atoms with Gasteiger partial charge < -0.3 is 16.0 Å². The van der Waals surface area contributed by atoms with Crippen molar-refractivity contribution in [2.24, 2.45) is 5.92 Å². The van der Waals surface area contributed by atoms with Crippen LogP contribution in [0.1, 0.15) is 27.9 Å². The lowest BCUT2D eigenvalue weighted by Gasteiger charge is -2.19. The van der Waals surface area contributed by atoms with Crippen LogP contribution >= 0.6 is 0 Å². The summed E-state index contributed by atoms with van der Waals surface area (Å²) in [5.41, 5.74) is 10.1. The number of nitrogen functional groups attached to an aromatic ring is 1. The number of amides is 1. The maximum absolute atomic E-state index is 15.0. The fraction of sp³-hybridized carbons (Fsp3) is 0.308. The van der Waals surface area contributed by atoms with Crippen molar-refractivity contribution in [2.45, 2.75) is 18.3 Å². The Labute approximate surface area is 190 Å². The molecule has 3 N–H and O–H groups in total. The van der Waals surface area contributed by atoms with Gasteiger partial charge in [0, 0.05) is 47.3 Å². The van der Waals surface area contributed by atoms with Crippen LogP contribution in [0.5, 0.6) is 0 Å². The Balaban J connectivity index is 1.39. The highest BCUT2D eigenvalue weighted by molar-refractivity contribution is 5.97. The number of nitrogens with one attached hydrogen (secondary N) is 1. The van der Waals surface area contributed by atoms with Gasteiger partial charge in [-0.2, -0.15) is 4.39 Å². The largest absolute Gasteiger partial charge is 0.383 e. The summed E-state index contributed by atoms with van der Waals surface area (Å²) in [7, 11) is 2.14. The van der Waals surface area contributed by atoms with E-state index >= 15 is 0 Å². The van der Waals surface area contributed by atoms with Crippen molar-refractivity contribution in [1.29, 1.82) is 0 Å². The molecular formula is C26H24F2N4O. The smallest absolute Gasteiger partial charge is 0.251 e. The molecule has 1 amide bonds. The molecule has 3 aromatic rings. The summed E-state index contributed by atoms with van der Waals surface area (Å²) in [4.78, 5) is 18.3. The number of hydrogen-bond donors (Lipinski definition) is 2. The lowest BCUT2D eigenvalue weighted by atomic mass is 9.91. The summed E-state index contributed by atoms with van der Waals surface area (Å²) < 4.78 is 29.8. The van der Waals surface area contributed by atoms with E-state index in [4.69, 9.17) is 5.73 Å². The van der Waals surface area contributed by atoms with Crippen LogP contribution in [0.15, 0.2) is 42.5 Å². The molecule has 1 aliphatic carbocycles. The number of aromatic nitrogens is 1. The van der Waals surface area contributed by atoms with Crippen LogP contribution in [-0.4, -0.2) is 42.5 Å². The maximum Gasteiger partial charge on any atom is 0.251 e. The Bertz CT molecular complexity index is 1310. The number of carbonyl (C=O) groups excluding carboxylic acids is 1. The second-order valence-corrected chi connectivity index (χ2v) is 9.59. The van der Waals surface area contributed by atoms with E-state index in [-0.39, 0.29) is 28.3 Å². The number of likely N-dealkylation sites (tertiary alicyclic amines) is 1. The number of benzene rings is 2. The van der Waals surface area contributed by atoms with E-state index in [1.165, 1.54) is 18.1 Å². The van der Waals surface area contributed by atoms with E-state index in [9.17, 15) is 13.6 Å². The average molecular weight is 447 g/mol. The van der Waals surface area contributed by atoms with Crippen LogP contribution in [0.3, 0.4) is 0 Å². The van der Waals surface area contributed by atoms with Crippen molar-refractivity contribution in [2.75, 3.05) is 32.4 Å². The predicted molar refractivity (Wildman–Crippen MR) is 123 cm³/mol. The summed E-state index contributed by atoms with van der Waals surface area (Å²) in [5.74, 6) is -0.954. The Morgan fingerprint density at radius 3 is 2.61 bits per heavy atom. The highest BCUT2D eigenvalue weighted by atomic mass is 19.1. The first-order valence-electron chi connectivity index (χ1n) is 11.2. The van der Waals surface area contributed by atoms with Gasteiger partial charge >= 0.3 is 0 Å². The van der Waals surface area contributed by atoms with Gasteiger partial charge in [0.05, 0.1) is 0 Å². The molecule has 0 radical (unpaired) electrons. The molecule has 2 aromatic carbocycles. The van der Waals surface area contributed by atoms with Gasteiger partial charge in [0.15, 0.2) is 0 Å². The minimum absolute atomic E-state index is 0.0827. The lowest BCUT2D eigenvalue weighted by molar-refractivity contribution is 0.0945. The zero-order chi connectivity index (χ0) is 22.9. The number of nitrogens with zero attached hydrogens (tertiary/aromatic N) is 2. The van der Waals surface area contributed by atoms with Gasteiger partial charge in [-0.05, 0) is 60.7 Å². The summed E-state index contributed by atoms with van der Waals surface area (Å²) in [6.07, 6.45) is 1.80. The number of hydrogen-bond acceptors (Lipinski definition) is 4. The van der Waals surface area contributed by atoms with Gasteiger partial charge in [0.2, 0.25) is 5.95 Å². The first-order valence-corrected chi connectivity index (χ1v) is 11.2. The second-order valence-electron chi connectivity index (χ2n) is 9.59. The molecule has 3 aliphatic rings. The number of nitrogens with two attached hydrogens (primary N) is 1. The molecule has 0 bridgehead atoms. The molecule has 33 heavy (non-hydrogen) atoms. The molecule has 1 aromatic heterocycles. The fourth-order valence-electron chi connectivity index (χ4n) is 5.73. The minimum atomic E-state index is -0.690. The summed E-state index contributed by atoms with van der Waals surface area (Å²) in [6.45, 7) is 2.66. The number of rotatable bonds is 3. The third-order valence-electron chi connectivity index (χ3n) is 7.50. The molecule has 2 atom stereocenters. The molecule has 168 valence electrons. The number of halogens is 2. The number of piperidine rings is 1. The molecule has 6 rings (SSSR count). The van der Waals surface area contributed by atoms with Gasteiger partial charge in [0.25, 0.3) is 5.91 Å². The van der Waals surface area contributed by atoms with Crippen LogP contribution < -0.4 is 11.1 Å². The van der Waals surface area contributed by atoms with Gasteiger partial charge in [-0.25, -0.2) is 9.37 Å². The van der Waals surface area contributed by atoms with Crippen molar-refractivity contribution in [3.63, 3.8) is 0 Å². The highest BCUT2D eigenvalue weighted by Gasteiger charge is 2.59. The second kappa shape index (κ2) is 7.09. The molecule has 3 heterocycles. The van der Waals surface area contributed by atoms with Crippen molar-refractivity contribution >= 4 is 11.7 Å². The minimum Gasteiger partial charge on any atom is -0.383 e. The summed E-state index contributed by atoms with van der Waals surface area (Å²) >= 11 is 0. The third kappa shape index (κ3) is 3.14. The quantitative estimate of drug-likeness (QED) is 0.601. The van der Waals surface area contributed by atoms with Crippen LogP contribution in [0, 0.1) is 17.7 Å². The Morgan fingerprint density at radius 1 is 1.09 bits per heavy atom. The van der Waals surface area contributed by atoms with Gasteiger partial charge in [-0.1, -0.05) is 24.3 Å². The number of anilines is 1. The van der Waals surface area contributed by atoms with Crippen molar-refractivity contribution < 1.29 is 13.6 Å². The van der Waals surface area contributed by atoms with Crippen LogP contribution in [0.25, 0.3) is 22.3 Å². The monoisotopic (exact) mass is 446 g/mol. The first kappa shape index (κ1) is 20.3. The Hall–Kier alpha value is -3.32. The zero-order valence-corrected chi connectivity index (χ0v) is 18.3. The fourth-order valence-corrected chi connectivity index (χ4v) is 5.73. The number of fused-ring (bicyclic) bond motifs is 2. The van der Waals surface area contributed by atoms with Crippen molar-refractivity contribution in [3.8, 4) is 22.3 Å². The summed E-state index contributed by atoms with van der Waals surface area (Å²) in [5, 5.41) is 2.71. The maximum atomic E-state index is 15.0. The predicted octanol–water partition coefficient (Wildman–Crippen LogP) is 3.77. The van der Waals surface area contributed by atoms with Crippen LogP contribution in [0.2, 0.25) is 0 Å². The van der Waals surface area contributed by atoms with Gasteiger partial charge in [0.1, 0.15) is 11.6 Å². The Morgan fingerprint density at radius 2 is 1.88 bits per heavy atom. The summed E-state index contributed by atoms with van der Waals surface area (Å²) in [6, 6.07) is 12.4. The van der Waals surface area contributed by atoms with Crippen LogP contribution in [0.4, 0.5) is 14.6 Å². The SMILES string of the molecule is CN1C[C@@H]2C[C@]2(c2ccc(-c3cc(-c4cc5c(cc4F)C(=O)NCC5)c(N)nc3F)cc2)C1. The molecule has 5 nitrogen and oxygen atoms in total. The lowest BCUT2D eigenvalue weighted by Crippen LogP contribution is -2.32. The van der Waals surface area contributed by atoms with Gasteiger partial charge in [-0.15, -0.1) is 0 Å². The van der Waals surface area contributed by atoms with Crippen molar-refractivity contribution in [3.05, 3.63) is 70.9 Å². The number of carbonyl (C=O) groups is 1. The third-order valence-corrected chi connectivity index (χ3v) is 7.50. The van der Waals surface area contributed by atoms with Crippen LogP contribution in [-0.2, 0) is 11.8 Å². The van der Waals surface area contributed by atoms with E-state index in [1.54, 1.807) is 12.1 Å². The molecule has 1 saturated carbocycles. The molecule has 2 fully saturated rings. The number of likely N-dealkylation sites (N-methyl/N-ethyl adjacent to an activating group) is 1. The molecule has 7 heteroatoms. The first-order chi connectivity index (χ1) is 15.9. The molecular weight excluding hydrogens is 422 g/mol. The molecule has 0 spiro atoms. The van der Waals surface area contributed by atoms with E-state index in [0.717, 1.165) is 18.7 Å². The topological polar surface area (TPSA) is 71.2 Å².